The highest BCUT2D eigenvalue weighted by molar-refractivity contribution is 5.40. The third-order valence-corrected chi connectivity index (χ3v) is 2.96. The zero-order valence-electron chi connectivity index (χ0n) is 11.4. The number of hydrogen-bond donors (Lipinski definition) is 1. The molecule has 0 spiro atoms. The molecule has 1 fully saturated rings. The molecule has 1 aliphatic rings. The highest BCUT2D eigenvalue weighted by atomic mass is 19.1. The number of rotatable bonds is 3. The van der Waals surface area contributed by atoms with Crippen molar-refractivity contribution in [1.29, 1.82) is 0 Å². The molecule has 108 valence electrons. The average molecular weight is 279 g/mol. The van der Waals surface area contributed by atoms with Gasteiger partial charge in [-0.1, -0.05) is 11.8 Å². The van der Waals surface area contributed by atoms with Gasteiger partial charge < -0.3 is 19.5 Å². The summed E-state index contributed by atoms with van der Waals surface area (Å²) in [6.45, 7) is 2.51. The van der Waals surface area contributed by atoms with Crippen molar-refractivity contribution in [2.24, 2.45) is 0 Å². The van der Waals surface area contributed by atoms with E-state index in [1.54, 1.807) is 6.07 Å². The summed E-state index contributed by atoms with van der Waals surface area (Å²) < 4.78 is 24.6. The van der Waals surface area contributed by atoms with Gasteiger partial charge in [0.2, 0.25) is 0 Å². The fourth-order valence-corrected chi connectivity index (χ4v) is 2.02. The lowest BCUT2D eigenvalue weighted by molar-refractivity contribution is -0.0403. The second kappa shape index (κ2) is 7.25. The van der Waals surface area contributed by atoms with Crippen LogP contribution in [0, 0.1) is 17.7 Å². The standard InChI is InChI=1S/C15H18FNO3/c1-17-4-6-19-15(10-17)11-20-14-8-12(3-2-5-18)7-13(16)9-14/h7-9,15,18H,4-6,10-11H2,1H3. The van der Waals surface area contributed by atoms with E-state index in [2.05, 4.69) is 16.7 Å². The fourth-order valence-electron chi connectivity index (χ4n) is 2.02. The van der Waals surface area contributed by atoms with Crippen molar-refractivity contribution in [3.8, 4) is 17.6 Å². The summed E-state index contributed by atoms with van der Waals surface area (Å²) in [4.78, 5) is 2.17. The molecule has 1 aromatic rings. The Hall–Kier alpha value is -1.61. The van der Waals surface area contributed by atoms with Gasteiger partial charge in [0.15, 0.2) is 0 Å². The number of halogens is 1. The topological polar surface area (TPSA) is 41.9 Å². The van der Waals surface area contributed by atoms with E-state index < -0.39 is 5.82 Å². The molecule has 1 aromatic carbocycles. The van der Waals surface area contributed by atoms with Crippen molar-refractivity contribution in [2.75, 3.05) is 40.0 Å². The van der Waals surface area contributed by atoms with Gasteiger partial charge in [0.05, 0.1) is 6.61 Å². The number of hydrogen-bond acceptors (Lipinski definition) is 4. The number of likely N-dealkylation sites (N-methyl/N-ethyl adjacent to an activating group) is 1. The van der Waals surface area contributed by atoms with Crippen LogP contribution >= 0.6 is 0 Å². The molecule has 4 nitrogen and oxygen atoms in total. The minimum atomic E-state index is -0.411. The minimum absolute atomic E-state index is 0.0102. The minimum Gasteiger partial charge on any atom is -0.491 e. The lowest BCUT2D eigenvalue weighted by Crippen LogP contribution is -2.42. The van der Waals surface area contributed by atoms with Crippen LogP contribution < -0.4 is 4.74 Å². The Morgan fingerprint density at radius 3 is 3.10 bits per heavy atom. The Morgan fingerprint density at radius 1 is 1.50 bits per heavy atom. The summed E-state index contributed by atoms with van der Waals surface area (Å²) in [6, 6.07) is 4.27. The van der Waals surface area contributed by atoms with Crippen molar-refractivity contribution in [3.63, 3.8) is 0 Å². The smallest absolute Gasteiger partial charge is 0.128 e. The maximum absolute atomic E-state index is 13.4. The molecule has 0 bridgehead atoms. The summed E-state index contributed by atoms with van der Waals surface area (Å²) >= 11 is 0. The van der Waals surface area contributed by atoms with Crippen LogP contribution in [0.3, 0.4) is 0 Å². The molecule has 1 atom stereocenters. The van der Waals surface area contributed by atoms with Crippen LogP contribution in [0.1, 0.15) is 5.56 Å². The molecule has 1 saturated heterocycles. The molecule has 1 aliphatic heterocycles. The normalized spacial score (nSPS) is 19.2. The SMILES string of the molecule is CN1CCOC(COc2cc(F)cc(C#CCO)c2)C1. The van der Waals surface area contributed by atoms with Crippen molar-refractivity contribution >= 4 is 0 Å². The molecule has 0 aromatic heterocycles. The first-order valence-electron chi connectivity index (χ1n) is 6.50. The number of nitrogens with zero attached hydrogens (tertiary/aromatic N) is 1. The van der Waals surface area contributed by atoms with Crippen LogP contribution in [0.4, 0.5) is 4.39 Å². The zero-order chi connectivity index (χ0) is 14.4. The van der Waals surface area contributed by atoms with E-state index in [0.29, 0.717) is 24.5 Å². The Morgan fingerprint density at radius 2 is 2.35 bits per heavy atom. The van der Waals surface area contributed by atoms with E-state index in [1.807, 2.05) is 7.05 Å². The summed E-state index contributed by atoms with van der Waals surface area (Å²) in [5, 5.41) is 8.64. The molecule has 0 amide bonds. The summed E-state index contributed by atoms with van der Waals surface area (Å²) in [5.41, 5.74) is 0.482. The first kappa shape index (κ1) is 14.8. The van der Waals surface area contributed by atoms with Crippen LogP contribution in [0.15, 0.2) is 18.2 Å². The van der Waals surface area contributed by atoms with Gasteiger partial charge in [0, 0.05) is 24.7 Å². The summed E-state index contributed by atoms with van der Waals surface area (Å²) in [7, 11) is 2.03. The van der Waals surface area contributed by atoms with Gasteiger partial charge in [0.1, 0.15) is 30.9 Å². The Bertz CT molecular complexity index is 510. The highest BCUT2D eigenvalue weighted by Crippen LogP contribution is 2.17. The van der Waals surface area contributed by atoms with Gasteiger partial charge in [-0.3, -0.25) is 0 Å². The predicted octanol–water partition coefficient (Wildman–Crippen LogP) is 0.879. The average Bonchev–Trinajstić information content (AvgIpc) is 2.42. The van der Waals surface area contributed by atoms with Crippen molar-refractivity contribution in [3.05, 3.63) is 29.6 Å². The number of ether oxygens (including phenoxy) is 2. The first-order valence-corrected chi connectivity index (χ1v) is 6.50. The van der Waals surface area contributed by atoms with Crippen LogP contribution in [0.2, 0.25) is 0 Å². The summed E-state index contributed by atoms with van der Waals surface area (Å²) in [5.74, 6) is 5.15. The molecular formula is C15H18FNO3. The number of benzene rings is 1. The highest BCUT2D eigenvalue weighted by Gasteiger charge is 2.18. The number of aliphatic hydroxyl groups is 1. The predicted molar refractivity (Wildman–Crippen MR) is 73.1 cm³/mol. The molecule has 2 rings (SSSR count). The van der Waals surface area contributed by atoms with Gasteiger partial charge in [0.25, 0.3) is 0 Å². The van der Waals surface area contributed by atoms with E-state index in [9.17, 15) is 4.39 Å². The van der Waals surface area contributed by atoms with E-state index in [0.717, 1.165) is 13.1 Å². The van der Waals surface area contributed by atoms with E-state index in [4.69, 9.17) is 14.6 Å². The molecule has 0 aliphatic carbocycles. The van der Waals surface area contributed by atoms with Gasteiger partial charge in [-0.2, -0.15) is 0 Å². The number of morpholine rings is 1. The Kier molecular flexibility index (Phi) is 5.36. The third-order valence-electron chi connectivity index (χ3n) is 2.96. The second-order valence-corrected chi connectivity index (χ2v) is 4.70. The fraction of sp³-hybridized carbons (Fsp3) is 0.467. The molecular weight excluding hydrogens is 261 g/mol. The Balaban J connectivity index is 1.96. The van der Waals surface area contributed by atoms with Gasteiger partial charge in [-0.05, 0) is 19.2 Å². The zero-order valence-corrected chi connectivity index (χ0v) is 11.4. The lowest BCUT2D eigenvalue weighted by atomic mass is 10.2. The van der Waals surface area contributed by atoms with Crippen molar-refractivity contribution in [2.45, 2.75) is 6.10 Å². The maximum atomic E-state index is 13.4. The monoisotopic (exact) mass is 279 g/mol. The van der Waals surface area contributed by atoms with Gasteiger partial charge in [-0.15, -0.1) is 0 Å². The van der Waals surface area contributed by atoms with E-state index in [1.165, 1.54) is 12.1 Å². The van der Waals surface area contributed by atoms with Gasteiger partial charge in [-0.25, -0.2) is 4.39 Å². The summed E-state index contributed by atoms with van der Waals surface area (Å²) in [6.07, 6.45) is -0.0102. The third kappa shape index (κ3) is 4.49. The molecule has 0 radical (unpaired) electrons. The van der Waals surface area contributed by atoms with Crippen LogP contribution in [-0.2, 0) is 4.74 Å². The largest absolute Gasteiger partial charge is 0.491 e. The van der Waals surface area contributed by atoms with Gasteiger partial charge >= 0.3 is 0 Å². The quantitative estimate of drug-likeness (QED) is 0.834. The first-order chi connectivity index (χ1) is 9.67. The molecule has 0 saturated carbocycles. The lowest BCUT2D eigenvalue weighted by Gasteiger charge is -2.29. The van der Waals surface area contributed by atoms with Crippen LogP contribution in [0.25, 0.3) is 0 Å². The number of aliphatic hydroxyl groups excluding tert-OH is 1. The molecule has 1 heterocycles. The van der Waals surface area contributed by atoms with Crippen LogP contribution in [0.5, 0.6) is 5.75 Å². The molecule has 20 heavy (non-hydrogen) atoms. The Labute approximate surface area is 118 Å². The van der Waals surface area contributed by atoms with E-state index >= 15 is 0 Å². The van der Waals surface area contributed by atoms with E-state index in [-0.39, 0.29) is 12.7 Å². The van der Waals surface area contributed by atoms with Crippen molar-refractivity contribution in [1.82, 2.24) is 4.90 Å². The molecule has 5 heteroatoms. The maximum Gasteiger partial charge on any atom is 0.128 e. The second-order valence-electron chi connectivity index (χ2n) is 4.70. The van der Waals surface area contributed by atoms with Crippen molar-refractivity contribution < 1.29 is 19.0 Å². The van der Waals surface area contributed by atoms with Crippen LogP contribution in [-0.4, -0.2) is 56.1 Å². The molecule has 1 N–H and O–H groups in total. The molecule has 1 unspecified atom stereocenters.